The Morgan fingerprint density at radius 1 is 1.22 bits per heavy atom. The molecule has 2 heterocycles. The highest BCUT2D eigenvalue weighted by Gasteiger charge is 2.26. The Morgan fingerprint density at radius 3 is 2.81 bits per heavy atom. The van der Waals surface area contributed by atoms with E-state index in [1.807, 2.05) is 28.9 Å². The Bertz CT molecular complexity index is 976. The zero-order valence-electron chi connectivity index (χ0n) is 15.5. The standard InChI is InChI=1S/C21H22N4O2/c1-14-6-8-16(9-7-14)25-18-5-3-4-17(18)20(24-25)21(26)23-13-15-10-11-22-19(12-15)27-2/h6-12H,3-5,13H2,1-2H3,(H,23,26). The first-order chi connectivity index (χ1) is 13.2. The molecule has 1 amide bonds. The summed E-state index contributed by atoms with van der Waals surface area (Å²) < 4.78 is 7.05. The molecule has 0 saturated heterocycles. The van der Waals surface area contributed by atoms with Crippen molar-refractivity contribution in [2.75, 3.05) is 7.11 Å². The van der Waals surface area contributed by atoms with E-state index in [4.69, 9.17) is 4.74 Å². The summed E-state index contributed by atoms with van der Waals surface area (Å²) in [7, 11) is 1.58. The van der Waals surface area contributed by atoms with Crippen molar-refractivity contribution in [3.8, 4) is 11.6 Å². The van der Waals surface area contributed by atoms with Gasteiger partial charge in [0.2, 0.25) is 5.88 Å². The van der Waals surface area contributed by atoms with Crippen LogP contribution in [0.1, 0.15) is 39.3 Å². The number of nitrogens with one attached hydrogen (secondary N) is 1. The average molecular weight is 362 g/mol. The SMILES string of the molecule is COc1cc(CNC(=O)c2nn(-c3ccc(C)cc3)c3c2CCC3)ccn1. The molecule has 0 fully saturated rings. The van der Waals surface area contributed by atoms with Crippen LogP contribution >= 0.6 is 0 Å². The lowest BCUT2D eigenvalue weighted by Crippen LogP contribution is -2.24. The third-order valence-electron chi connectivity index (χ3n) is 4.89. The zero-order valence-corrected chi connectivity index (χ0v) is 15.5. The van der Waals surface area contributed by atoms with Gasteiger partial charge in [-0.05, 0) is 49.9 Å². The summed E-state index contributed by atoms with van der Waals surface area (Å²) in [4.78, 5) is 16.9. The molecule has 0 aliphatic heterocycles. The van der Waals surface area contributed by atoms with Gasteiger partial charge in [0.15, 0.2) is 5.69 Å². The van der Waals surface area contributed by atoms with Crippen molar-refractivity contribution in [1.29, 1.82) is 0 Å². The molecule has 27 heavy (non-hydrogen) atoms. The van der Waals surface area contributed by atoms with E-state index < -0.39 is 0 Å². The van der Waals surface area contributed by atoms with Crippen LogP contribution in [0.25, 0.3) is 5.69 Å². The number of pyridine rings is 1. The van der Waals surface area contributed by atoms with E-state index in [0.717, 1.165) is 41.8 Å². The first-order valence-electron chi connectivity index (χ1n) is 9.10. The molecule has 0 radical (unpaired) electrons. The lowest BCUT2D eigenvalue weighted by molar-refractivity contribution is 0.0944. The highest BCUT2D eigenvalue weighted by molar-refractivity contribution is 5.94. The summed E-state index contributed by atoms with van der Waals surface area (Å²) in [6.45, 7) is 2.47. The van der Waals surface area contributed by atoms with Gasteiger partial charge in [-0.2, -0.15) is 5.10 Å². The fraction of sp³-hybridized carbons (Fsp3) is 0.286. The van der Waals surface area contributed by atoms with Crippen molar-refractivity contribution in [3.05, 3.63) is 70.7 Å². The topological polar surface area (TPSA) is 69.0 Å². The van der Waals surface area contributed by atoms with Crippen LogP contribution in [0, 0.1) is 6.92 Å². The third kappa shape index (κ3) is 3.43. The molecule has 0 unspecified atom stereocenters. The second-order valence-electron chi connectivity index (χ2n) is 6.76. The van der Waals surface area contributed by atoms with Gasteiger partial charge in [-0.3, -0.25) is 4.79 Å². The number of carbonyl (C=O) groups is 1. The van der Waals surface area contributed by atoms with Crippen LogP contribution in [0.5, 0.6) is 5.88 Å². The van der Waals surface area contributed by atoms with Gasteiger partial charge in [0.05, 0.1) is 12.8 Å². The van der Waals surface area contributed by atoms with Crippen LogP contribution in [0.15, 0.2) is 42.6 Å². The molecule has 1 aliphatic rings. The Hall–Kier alpha value is -3.15. The van der Waals surface area contributed by atoms with Gasteiger partial charge in [0, 0.05) is 30.1 Å². The summed E-state index contributed by atoms with van der Waals surface area (Å²) in [5.74, 6) is 0.390. The maximum absolute atomic E-state index is 12.8. The van der Waals surface area contributed by atoms with Crippen molar-refractivity contribution in [3.63, 3.8) is 0 Å². The van der Waals surface area contributed by atoms with Crippen molar-refractivity contribution >= 4 is 5.91 Å². The van der Waals surface area contributed by atoms with E-state index in [-0.39, 0.29) is 5.91 Å². The summed E-state index contributed by atoms with van der Waals surface area (Å²) >= 11 is 0. The quantitative estimate of drug-likeness (QED) is 0.758. The van der Waals surface area contributed by atoms with E-state index in [2.05, 4.69) is 34.5 Å². The number of benzene rings is 1. The van der Waals surface area contributed by atoms with E-state index in [1.165, 1.54) is 5.56 Å². The fourth-order valence-electron chi connectivity index (χ4n) is 3.46. The molecule has 0 atom stereocenters. The van der Waals surface area contributed by atoms with Gasteiger partial charge < -0.3 is 10.1 Å². The molecule has 6 nitrogen and oxygen atoms in total. The third-order valence-corrected chi connectivity index (χ3v) is 4.89. The maximum atomic E-state index is 12.8. The number of ether oxygens (including phenoxy) is 1. The van der Waals surface area contributed by atoms with Gasteiger partial charge in [-0.15, -0.1) is 0 Å². The van der Waals surface area contributed by atoms with Gasteiger partial charge in [0.1, 0.15) is 0 Å². The monoisotopic (exact) mass is 362 g/mol. The first-order valence-corrected chi connectivity index (χ1v) is 9.10. The summed E-state index contributed by atoms with van der Waals surface area (Å²) in [6, 6.07) is 11.9. The van der Waals surface area contributed by atoms with Crippen molar-refractivity contribution in [1.82, 2.24) is 20.1 Å². The Labute approximate surface area is 158 Å². The largest absolute Gasteiger partial charge is 0.481 e. The lowest BCUT2D eigenvalue weighted by atomic mass is 10.2. The normalized spacial score (nSPS) is 12.7. The van der Waals surface area contributed by atoms with E-state index in [9.17, 15) is 4.79 Å². The molecule has 3 aromatic rings. The molecule has 1 aliphatic carbocycles. The average Bonchev–Trinajstić information content (AvgIpc) is 3.30. The number of amides is 1. The zero-order chi connectivity index (χ0) is 18.8. The second-order valence-corrected chi connectivity index (χ2v) is 6.76. The van der Waals surface area contributed by atoms with Gasteiger partial charge >= 0.3 is 0 Å². The minimum absolute atomic E-state index is 0.144. The molecule has 0 bridgehead atoms. The molecular formula is C21H22N4O2. The number of rotatable bonds is 5. The summed E-state index contributed by atoms with van der Waals surface area (Å²) in [5.41, 5.74) is 5.88. The number of aromatic nitrogens is 3. The number of nitrogens with zero attached hydrogens (tertiary/aromatic N) is 3. The maximum Gasteiger partial charge on any atom is 0.272 e. The molecule has 138 valence electrons. The molecule has 1 aromatic carbocycles. The van der Waals surface area contributed by atoms with Crippen LogP contribution in [-0.4, -0.2) is 27.8 Å². The van der Waals surface area contributed by atoms with Crippen LogP contribution in [0.3, 0.4) is 0 Å². The van der Waals surface area contributed by atoms with Gasteiger partial charge in [-0.1, -0.05) is 17.7 Å². The highest BCUT2D eigenvalue weighted by atomic mass is 16.5. The number of aryl methyl sites for hydroxylation is 1. The Kier molecular flexibility index (Phi) is 4.62. The van der Waals surface area contributed by atoms with E-state index in [0.29, 0.717) is 18.1 Å². The molecule has 4 rings (SSSR count). The number of fused-ring (bicyclic) bond motifs is 1. The van der Waals surface area contributed by atoms with Crippen LogP contribution in [0.2, 0.25) is 0 Å². The molecular weight excluding hydrogens is 340 g/mol. The lowest BCUT2D eigenvalue weighted by Gasteiger charge is -2.06. The Balaban J connectivity index is 1.57. The minimum Gasteiger partial charge on any atom is -0.481 e. The number of hydrogen-bond acceptors (Lipinski definition) is 4. The minimum atomic E-state index is -0.144. The van der Waals surface area contributed by atoms with Crippen molar-refractivity contribution in [2.45, 2.75) is 32.7 Å². The number of hydrogen-bond donors (Lipinski definition) is 1. The Morgan fingerprint density at radius 2 is 2.04 bits per heavy atom. The van der Waals surface area contributed by atoms with Crippen molar-refractivity contribution < 1.29 is 9.53 Å². The van der Waals surface area contributed by atoms with Gasteiger partial charge in [0.25, 0.3) is 5.91 Å². The van der Waals surface area contributed by atoms with Crippen molar-refractivity contribution in [2.24, 2.45) is 0 Å². The summed E-state index contributed by atoms with van der Waals surface area (Å²) in [6.07, 6.45) is 4.57. The molecule has 1 N–H and O–H groups in total. The van der Waals surface area contributed by atoms with E-state index >= 15 is 0 Å². The molecule has 2 aromatic heterocycles. The fourth-order valence-corrected chi connectivity index (χ4v) is 3.46. The van der Waals surface area contributed by atoms with Crippen LogP contribution in [-0.2, 0) is 19.4 Å². The predicted molar refractivity (Wildman–Crippen MR) is 102 cm³/mol. The summed E-state index contributed by atoms with van der Waals surface area (Å²) in [5, 5.41) is 7.62. The van der Waals surface area contributed by atoms with Gasteiger partial charge in [-0.25, -0.2) is 9.67 Å². The number of carbonyl (C=O) groups excluding carboxylic acids is 1. The van der Waals surface area contributed by atoms with E-state index in [1.54, 1.807) is 13.3 Å². The van der Waals surface area contributed by atoms with Crippen LogP contribution < -0.4 is 10.1 Å². The smallest absolute Gasteiger partial charge is 0.272 e. The first kappa shape index (κ1) is 17.3. The highest BCUT2D eigenvalue weighted by Crippen LogP contribution is 2.28. The van der Waals surface area contributed by atoms with Crippen LogP contribution in [0.4, 0.5) is 0 Å². The molecule has 0 saturated carbocycles. The second kappa shape index (κ2) is 7.23. The number of methoxy groups -OCH3 is 1. The predicted octanol–water partition coefficient (Wildman–Crippen LogP) is 3.00. The molecule has 6 heteroatoms. The molecule has 0 spiro atoms.